The summed E-state index contributed by atoms with van der Waals surface area (Å²) in [6.07, 6.45) is 0.897. The zero-order valence-electron chi connectivity index (χ0n) is 8.63. The van der Waals surface area contributed by atoms with E-state index in [4.69, 9.17) is 4.74 Å². The van der Waals surface area contributed by atoms with Gasteiger partial charge in [-0.1, -0.05) is 31.9 Å². The molecule has 3 nitrogen and oxygen atoms in total. The SMILES string of the molecule is CCOC(=O)Cc1cc(C=O)c(Br)cc1Br. The van der Waals surface area contributed by atoms with Crippen LogP contribution in [0.25, 0.3) is 0 Å². The quantitative estimate of drug-likeness (QED) is 0.619. The van der Waals surface area contributed by atoms with E-state index in [-0.39, 0.29) is 12.4 Å². The normalized spacial score (nSPS) is 9.94. The third-order valence-corrected chi connectivity index (χ3v) is 3.36. The molecule has 0 atom stereocenters. The molecule has 1 aromatic carbocycles. The van der Waals surface area contributed by atoms with Crippen LogP contribution < -0.4 is 0 Å². The van der Waals surface area contributed by atoms with Crippen molar-refractivity contribution in [3.05, 3.63) is 32.2 Å². The third-order valence-electron chi connectivity index (χ3n) is 1.93. The highest BCUT2D eigenvalue weighted by Gasteiger charge is 2.10. The van der Waals surface area contributed by atoms with Crippen LogP contribution >= 0.6 is 31.9 Å². The highest BCUT2D eigenvalue weighted by atomic mass is 79.9. The summed E-state index contributed by atoms with van der Waals surface area (Å²) in [5, 5.41) is 0. The molecule has 86 valence electrons. The first-order chi connectivity index (χ1) is 7.58. The molecule has 0 saturated heterocycles. The number of carbonyl (C=O) groups excluding carboxylic acids is 2. The summed E-state index contributed by atoms with van der Waals surface area (Å²) >= 11 is 6.60. The monoisotopic (exact) mass is 348 g/mol. The van der Waals surface area contributed by atoms with E-state index < -0.39 is 0 Å². The van der Waals surface area contributed by atoms with Gasteiger partial charge in [-0.05, 0) is 24.6 Å². The second kappa shape index (κ2) is 6.15. The highest BCUT2D eigenvalue weighted by Crippen LogP contribution is 2.25. The van der Waals surface area contributed by atoms with E-state index in [1.54, 1.807) is 19.1 Å². The first-order valence-electron chi connectivity index (χ1n) is 4.67. The lowest BCUT2D eigenvalue weighted by atomic mass is 10.1. The second-order valence-electron chi connectivity index (χ2n) is 3.06. The Morgan fingerprint density at radius 1 is 1.38 bits per heavy atom. The summed E-state index contributed by atoms with van der Waals surface area (Å²) < 4.78 is 6.32. The highest BCUT2D eigenvalue weighted by molar-refractivity contribution is 9.11. The van der Waals surface area contributed by atoms with E-state index in [9.17, 15) is 9.59 Å². The third kappa shape index (κ3) is 3.42. The van der Waals surface area contributed by atoms with Crippen LogP contribution in [0.2, 0.25) is 0 Å². The zero-order chi connectivity index (χ0) is 12.1. The minimum absolute atomic E-state index is 0.155. The first-order valence-corrected chi connectivity index (χ1v) is 6.25. The summed E-state index contributed by atoms with van der Waals surface area (Å²) in [6, 6.07) is 3.41. The molecule has 0 aromatic heterocycles. The van der Waals surface area contributed by atoms with Crippen LogP contribution in [0.3, 0.4) is 0 Å². The van der Waals surface area contributed by atoms with E-state index in [0.29, 0.717) is 16.6 Å². The Bertz CT molecular complexity index is 416. The molecule has 16 heavy (non-hydrogen) atoms. The van der Waals surface area contributed by atoms with Gasteiger partial charge in [0.25, 0.3) is 0 Å². The molecule has 0 aliphatic heterocycles. The summed E-state index contributed by atoms with van der Waals surface area (Å²) in [5.74, 6) is -0.303. The molecular weight excluding hydrogens is 340 g/mol. The van der Waals surface area contributed by atoms with Gasteiger partial charge in [0.2, 0.25) is 0 Å². The number of halogens is 2. The van der Waals surface area contributed by atoms with Gasteiger partial charge in [0.1, 0.15) is 0 Å². The number of hydrogen-bond acceptors (Lipinski definition) is 3. The molecule has 1 aromatic rings. The van der Waals surface area contributed by atoms with Crippen LogP contribution in [-0.4, -0.2) is 18.9 Å². The fraction of sp³-hybridized carbons (Fsp3) is 0.273. The van der Waals surface area contributed by atoms with Crippen LogP contribution in [-0.2, 0) is 16.0 Å². The van der Waals surface area contributed by atoms with Crippen LogP contribution in [0, 0.1) is 0 Å². The van der Waals surface area contributed by atoms with Crippen LogP contribution in [0.5, 0.6) is 0 Å². The van der Waals surface area contributed by atoms with Gasteiger partial charge < -0.3 is 4.74 Å². The van der Waals surface area contributed by atoms with Crippen molar-refractivity contribution in [3.8, 4) is 0 Å². The van der Waals surface area contributed by atoms with E-state index in [2.05, 4.69) is 31.9 Å². The van der Waals surface area contributed by atoms with Gasteiger partial charge in [0, 0.05) is 14.5 Å². The minimum atomic E-state index is -0.303. The Hall–Kier alpha value is -0.680. The summed E-state index contributed by atoms with van der Waals surface area (Å²) in [7, 11) is 0. The maximum atomic E-state index is 11.3. The molecule has 0 aliphatic carbocycles. The fourth-order valence-corrected chi connectivity index (χ4v) is 2.43. The van der Waals surface area contributed by atoms with E-state index in [0.717, 1.165) is 16.3 Å². The molecule has 0 saturated carbocycles. The summed E-state index contributed by atoms with van der Waals surface area (Å²) in [4.78, 5) is 22.0. The fourth-order valence-electron chi connectivity index (χ4n) is 1.21. The number of carbonyl (C=O) groups is 2. The lowest BCUT2D eigenvalue weighted by Crippen LogP contribution is -2.08. The van der Waals surface area contributed by atoms with Crippen molar-refractivity contribution in [1.29, 1.82) is 0 Å². The van der Waals surface area contributed by atoms with Gasteiger partial charge in [-0.2, -0.15) is 0 Å². The molecule has 0 unspecified atom stereocenters. The van der Waals surface area contributed by atoms with Crippen molar-refractivity contribution in [1.82, 2.24) is 0 Å². The largest absolute Gasteiger partial charge is 0.466 e. The average Bonchev–Trinajstić information content (AvgIpc) is 2.22. The molecule has 0 fully saturated rings. The van der Waals surface area contributed by atoms with Gasteiger partial charge >= 0.3 is 5.97 Å². The van der Waals surface area contributed by atoms with Crippen molar-refractivity contribution < 1.29 is 14.3 Å². The topological polar surface area (TPSA) is 43.4 Å². The van der Waals surface area contributed by atoms with Crippen molar-refractivity contribution >= 4 is 44.1 Å². The Labute approximate surface area is 110 Å². The minimum Gasteiger partial charge on any atom is -0.466 e. The predicted molar refractivity (Wildman–Crippen MR) is 67.6 cm³/mol. The Morgan fingerprint density at radius 3 is 2.62 bits per heavy atom. The van der Waals surface area contributed by atoms with E-state index >= 15 is 0 Å². The lowest BCUT2D eigenvalue weighted by molar-refractivity contribution is -0.142. The summed E-state index contributed by atoms with van der Waals surface area (Å²) in [5.41, 5.74) is 1.26. The molecule has 0 heterocycles. The Morgan fingerprint density at radius 2 is 2.06 bits per heavy atom. The van der Waals surface area contributed by atoms with E-state index in [1.165, 1.54) is 0 Å². The number of rotatable bonds is 4. The smallest absolute Gasteiger partial charge is 0.310 e. The van der Waals surface area contributed by atoms with Crippen LogP contribution in [0.1, 0.15) is 22.8 Å². The first kappa shape index (κ1) is 13.4. The van der Waals surface area contributed by atoms with Gasteiger partial charge in [0.15, 0.2) is 6.29 Å². The van der Waals surface area contributed by atoms with Gasteiger partial charge in [0.05, 0.1) is 13.0 Å². The van der Waals surface area contributed by atoms with Crippen LogP contribution in [0.15, 0.2) is 21.1 Å². The number of esters is 1. The van der Waals surface area contributed by atoms with Crippen molar-refractivity contribution in [2.24, 2.45) is 0 Å². The molecule has 0 aliphatic rings. The molecule has 0 amide bonds. The Balaban J connectivity index is 2.95. The zero-order valence-corrected chi connectivity index (χ0v) is 11.8. The lowest BCUT2D eigenvalue weighted by Gasteiger charge is -2.06. The predicted octanol–water partition coefficient (Wildman–Crippen LogP) is 3.13. The second-order valence-corrected chi connectivity index (χ2v) is 4.77. The molecule has 0 radical (unpaired) electrons. The summed E-state index contributed by atoms with van der Waals surface area (Å²) in [6.45, 7) is 2.11. The number of aldehydes is 1. The standard InChI is InChI=1S/C11H10Br2O3/c1-2-16-11(15)4-7-3-8(6-14)10(13)5-9(7)12/h3,5-6H,2,4H2,1H3. The molecular formula is C11H10Br2O3. The van der Waals surface area contributed by atoms with E-state index in [1.807, 2.05) is 0 Å². The van der Waals surface area contributed by atoms with Crippen LogP contribution in [0.4, 0.5) is 0 Å². The molecule has 5 heteroatoms. The van der Waals surface area contributed by atoms with Gasteiger partial charge in [-0.25, -0.2) is 0 Å². The molecule has 1 rings (SSSR count). The van der Waals surface area contributed by atoms with Gasteiger partial charge in [-0.15, -0.1) is 0 Å². The number of ether oxygens (including phenoxy) is 1. The average molecular weight is 350 g/mol. The van der Waals surface area contributed by atoms with Crippen molar-refractivity contribution in [2.45, 2.75) is 13.3 Å². The number of benzene rings is 1. The Kier molecular flexibility index (Phi) is 5.15. The molecule has 0 spiro atoms. The maximum Gasteiger partial charge on any atom is 0.310 e. The van der Waals surface area contributed by atoms with Crippen molar-refractivity contribution in [3.63, 3.8) is 0 Å². The van der Waals surface area contributed by atoms with Crippen molar-refractivity contribution in [2.75, 3.05) is 6.61 Å². The maximum absolute atomic E-state index is 11.3. The molecule has 0 N–H and O–H groups in total. The number of hydrogen-bond donors (Lipinski definition) is 0. The van der Waals surface area contributed by atoms with Gasteiger partial charge in [-0.3, -0.25) is 9.59 Å². The molecule has 0 bridgehead atoms.